The summed E-state index contributed by atoms with van der Waals surface area (Å²) in [6.45, 7) is 7.66. The fourth-order valence-electron chi connectivity index (χ4n) is 3.06. The molecule has 1 atom stereocenters. The van der Waals surface area contributed by atoms with Crippen LogP contribution in [-0.4, -0.2) is 11.5 Å². The molecule has 1 heterocycles. The number of pyridine rings is 1. The highest BCUT2D eigenvalue weighted by Gasteiger charge is 2.26. The van der Waals surface area contributed by atoms with Gasteiger partial charge in [-0.15, -0.1) is 0 Å². The summed E-state index contributed by atoms with van der Waals surface area (Å²) in [5.74, 6) is 1.70. The average Bonchev–Trinajstić information content (AvgIpc) is 2.39. The van der Waals surface area contributed by atoms with E-state index in [1.807, 2.05) is 6.92 Å². The van der Waals surface area contributed by atoms with Crippen LogP contribution < -0.4 is 5.32 Å². The van der Waals surface area contributed by atoms with E-state index >= 15 is 0 Å². The average molecular weight is 246 g/mol. The zero-order chi connectivity index (χ0) is 13.0. The van der Waals surface area contributed by atoms with Crippen molar-refractivity contribution in [1.82, 2.24) is 10.3 Å². The number of hydrogen-bond donors (Lipinski definition) is 1. The third kappa shape index (κ3) is 3.32. The molecule has 1 aliphatic carbocycles. The van der Waals surface area contributed by atoms with Gasteiger partial charge in [0.2, 0.25) is 0 Å². The van der Waals surface area contributed by atoms with Gasteiger partial charge in [0.05, 0.1) is 0 Å². The second kappa shape index (κ2) is 6.33. The van der Waals surface area contributed by atoms with Crippen LogP contribution in [0, 0.1) is 18.8 Å². The minimum Gasteiger partial charge on any atom is -0.310 e. The van der Waals surface area contributed by atoms with Gasteiger partial charge in [-0.3, -0.25) is 4.98 Å². The molecule has 0 bridgehead atoms. The first kappa shape index (κ1) is 13.5. The number of nitrogens with zero attached hydrogens (tertiary/aromatic N) is 1. The molecule has 2 rings (SSSR count). The molecule has 0 saturated heterocycles. The molecule has 1 fully saturated rings. The van der Waals surface area contributed by atoms with Crippen LogP contribution in [0.1, 0.15) is 56.8 Å². The van der Waals surface area contributed by atoms with Crippen molar-refractivity contribution in [3.05, 3.63) is 29.6 Å². The lowest BCUT2D eigenvalue weighted by atomic mass is 9.77. The van der Waals surface area contributed by atoms with Crippen molar-refractivity contribution in [2.75, 3.05) is 6.54 Å². The van der Waals surface area contributed by atoms with Crippen molar-refractivity contribution in [1.29, 1.82) is 0 Å². The summed E-state index contributed by atoms with van der Waals surface area (Å²) in [6.07, 6.45) is 7.53. The maximum atomic E-state index is 4.45. The molecular weight excluding hydrogens is 220 g/mol. The smallest absolute Gasteiger partial charge is 0.0372 e. The first-order valence-corrected chi connectivity index (χ1v) is 7.36. The van der Waals surface area contributed by atoms with Gasteiger partial charge >= 0.3 is 0 Å². The van der Waals surface area contributed by atoms with Gasteiger partial charge in [-0.1, -0.05) is 32.8 Å². The Balaban J connectivity index is 2.09. The van der Waals surface area contributed by atoms with Gasteiger partial charge in [0.15, 0.2) is 0 Å². The SMILES string of the molecule is CCNC(c1ccc(C)nc1)C1CCC(C)CC1. The van der Waals surface area contributed by atoms with E-state index in [0.717, 1.165) is 24.1 Å². The normalized spacial score (nSPS) is 25.9. The molecule has 0 radical (unpaired) electrons. The predicted octanol–water partition coefficient (Wildman–Crippen LogP) is 3.87. The minimum absolute atomic E-state index is 0.496. The standard InChI is InChI=1S/C16H26N2/c1-4-17-16(14-8-5-12(2)6-9-14)15-10-7-13(3)18-11-15/h7,10-12,14,16-17H,4-6,8-9H2,1-3H3. The minimum atomic E-state index is 0.496. The van der Waals surface area contributed by atoms with Gasteiger partial charge in [0.1, 0.15) is 0 Å². The predicted molar refractivity (Wildman–Crippen MR) is 76.5 cm³/mol. The van der Waals surface area contributed by atoms with E-state index in [1.54, 1.807) is 0 Å². The first-order valence-electron chi connectivity index (χ1n) is 7.36. The molecule has 1 aliphatic rings. The fraction of sp³-hybridized carbons (Fsp3) is 0.688. The van der Waals surface area contributed by atoms with Crippen molar-refractivity contribution in [3.8, 4) is 0 Å². The van der Waals surface area contributed by atoms with Crippen molar-refractivity contribution in [2.45, 2.75) is 52.5 Å². The highest BCUT2D eigenvalue weighted by Crippen LogP contribution is 2.36. The van der Waals surface area contributed by atoms with Crippen LogP contribution in [0.15, 0.2) is 18.3 Å². The second-order valence-corrected chi connectivity index (χ2v) is 5.79. The van der Waals surface area contributed by atoms with Gasteiger partial charge in [0, 0.05) is 17.9 Å². The van der Waals surface area contributed by atoms with E-state index in [9.17, 15) is 0 Å². The van der Waals surface area contributed by atoms with Crippen LogP contribution >= 0.6 is 0 Å². The summed E-state index contributed by atoms with van der Waals surface area (Å²) < 4.78 is 0. The van der Waals surface area contributed by atoms with Crippen molar-refractivity contribution in [2.24, 2.45) is 11.8 Å². The van der Waals surface area contributed by atoms with Crippen LogP contribution in [0.3, 0.4) is 0 Å². The topological polar surface area (TPSA) is 24.9 Å². The van der Waals surface area contributed by atoms with Crippen LogP contribution in [0.5, 0.6) is 0 Å². The largest absolute Gasteiger partial charge is 0.310 e. The van der Waals surface area contributed by atoms with E-state index in [2.05, 4.69) is 42.5 Å². The monoisotopic (exact) mass is 246 g/mol. The van der Waals surface area contributed by atoms with E-state index in [-0.39, 0.29) is 0 Å². The maximum absolute atomic E-state index is 4.45. The molecular formula is C16H26N2. The molecule has 1 aromatic heterocycles. The fourth-order valence-corrected chi connectivity index (χ4v) is 3.06. The Morgan fingerprint density at radius 3 is 2.56 bits per heavy atom. The van der Waals surface area contributed by atoms with Gasteiger partial charge in [-0.05, 0) is 49.8 Å². The summed E-state index contributed by atoms with van der Waals surface area (Å²) in [4.78, 5) is 4.45. The third-order valence-corrected chi connectivity index (χ3v) is 4.25. The lowest BCUT2D eigenvalue weighted by Gasteiger charge is -2.33. The number of aryl methyl sites for hydroxylation is 1. The molecule has 0 spiro atoms. The Bertz CT molecular complexity index is 350. The molecule has 2 nitrogen and oxygen atoms in total. The zero-order valence-corrected chi connectivity index (χ0v) is 11.9. The van der Waals surface area contributed by atoms with Gasteiger partial charge in [0.25, 0.3) is 0 Å². The highest BCUT2D eigenvalue weighted by atomic mass is 14.9. The molecule has 1 N–H and O–H groups in total. The lowest BCUT2D eigenvalue weighted by molar-refractivity contribution is 0.233. The quantitative estimate of drug-likeness (QED) is 0.872. The zero-order valence-electron chi connectivity index (χ0n) is 11.9. The number of aromatic nitrogens is 1. The molecule has 2 heteroatoms. The Labute approximate surface area is 111 Å². The van der Waals surface area contributed by atoms with Gasteiger partial charge in [-0.25, -0.2) is 0 Å². The summed E-state index contributed by atoms with van der Waals surface area (Å²) in [7, 11) is 0. The van der Waals surface area contributed by atoms with E-state index in [0.29, 0.717) is 6.04 Å². The summed E-state index contributed by atoms with van der Waals surface area (Å²) in [5.41, 5.74) is 2.47. The van der Waals surface area contributed by atoms with Crippen molar-refractivity contribution in [3.63, 3.8) is 0 Å². The highest BCUT2D eigenvalue weighted by molar-refractivity contribution is 5.18. The molecule has 0 aliphatic heterocycles. The molecule has 0 aromatic carbocycles. The number of hydrogen-bond acceptors (Lipinski definition) is 2. The maximum Gasteiger partial charge on any atom is 0.0372 e. The Morgan fingerprint density at radius 1 is 1.28 bits per heavy atom. The van der Waals surface area contributed by atoms with E-state index < -0.39 is 0 Å². The molecule has 1 aromatic rings. The lowest BCUT2D eigenvalue weighted by Crippen LogP contribution is -2.30. The second-order valence-electron chi connectivity index (χ2n) is 5.79. The number of nitrogens with one attached hydrogen (secondary N) is 1. The molecule has 18 heavy (non-hydrogen) atoms. The summed E-state index contributed by atoms with van der Waals surface area (Å²) in [5, 5.41) is 3.66. The van der Waals surface area contributed by atoms with E-state index in [1.165, 1.54) is 31.2 Å². The molecule has 1 unspecified atom stereocenters. The molecule has 0 amide bonds. The van der Waals surface area contributed by atoms with Crippen LogP contribution in [0.25, 0.3) is 0 Å². The Kier molecular flexibility index (Phi) is 4.76. The molecule has 100 valence electrons. The van der Waals surface area contributed by atoms with Crippen LogP contribution in [-0.2, 0) is 0 Å². The van der Waals surface area contributed by atoms with Crippen molar-refractivity contribution < 1.29 is 0 Å². The van der Waals surface area contributed by atoms with Crippen LogP contribution in [0.2, 0.25) is 0 Å². The van der Waals surface area contributed by atoms with Gasteiger partial charge < -0.3 is 5.32 Å². The number of rotatable bonds is 4. The van der Waals surface area contributed by atoms with E-state index in [4.69, 9.17) is 0 Å². The Hall–Kier alpha value is -0.890. The van der Waals surface area contributed by atoms with Crippen LogP contribution in [0.4, 0.5) is 0 Å². The molecule has 1 saturated carbocycles. The van der Waals surface area contributed by atoms with Gasteiger partial charge in [-0.2, -0.15) is 0 Å². The summed E-state index contributed by atoms with van der Waals surface area (Å²) in [6, 6.07) is 4.87. The summed E-state index contributed by atoms with van der Waals surface area (Å²) >= 11 is 0. The Morgan fingerprint density at radius 2 is 2.00 bits per heavy atom. The third-order valence-electron chi connectivity index (χ3n) is 4.25. The van der Waals surface area contributed by atoms with Crippen molar-refractivity contribution >= 4 is 0 Å². The first-order chi connectivity index (χ1) is 8.70.